The number of thiol groups is 1. The van der Waals surface area contributed by atoms with Crippen LogP contribution in [0.25, 0.3) is 0 Å². The minimum atomic E-state index is -0.139. The molecule has 0 N–H and O–H groups in total. The van der Waals surface area contributed by atoms with E-state index in [-0.39, 0.29) is 17.1 Å². The molecule has 1 fully saturated rings. The molecule has 0 spiro atoms. The number of esters is 1. The third-order valence-corrected chi connectivity index (χ3v) is 2.32. The zero-order valence-corrected chi connectivity index (χ0v) is 11.3. The van der Waals surface area contributed by atoms with E-state index in [2.05, 4.69) is 24.5 Å². The summed E-state index contributed by atoms with van der Waals surface area (Å²) in [6.07, 6.45) is 0.940. The van der Waals surface area contributed by atoms with Crippen LogP contribution in [-0.4, -0.2) is 42.2 Å². The molecule has 0 unspecified atom stereocenters. The van der Waals surface area contributed by atoms with Gasteiger partial charge in [-0.1, -0.05) is 6.92 Å². The molecule has 0 amide bonds. The van der Waals surface area contributed by atoms with E-state index >= 15 is 0 Å². The van der Waals surface area contributed by atoms with Crippen molar-refractivity contribution in [1.29, 1.82) is 0 Å². The van der Waals surface area contributed by atoms with Gasteiger partial charge in [0, 0.05) is 13.5 Å². The average Bonchev–Trinajstić information content (AvgIpc) is 2.44. The van der Waals surface area contributed by atoms with Crippen molar-refractivity contribution in [2.45, 2.75) is 33.2 Å². The summed E-state index contributed by atoms with van der Waals surface area (Å²) in [5.41, 5.74) is 0. The van der Waals surface area contributed by atoms with Gasteiger partial charge in [0.25, 0.3) is 0 Å². The maximum Gasteiger partial charge on any atom is 0.323 e. The Hall–Kier alpha value is -0.550. The molecule has 1 heterocycles. The van der Waals surface area contributed by atoms with Gasteiger partial charge in [0.2, 0.25) is 0 Å². The highest BCUT2D eigenvalue weighted by atomic mass is 32.1. The largest absolute Gasteiger partial charge is 0.465 e. The standard InChI is InChI=1S/C9H17NO2.C2H4OS/c1-4-12-9(11)8-5-7(2)6-10(8)3;1-2(3)4/h7-8H,4-6H2,1-3H3;1H3,(H,3,4)/t7-,8-;/m0./s1. The zero-order valence-electron chi connectivity index (χ0n) is 10.4. The molecule has 0 aromatic carbocycles. The summed E-state index contributed by atoms with van der Waals surface area (Å²) in [4.78, 5) is 22.7. The number of carbonyl (C=O) groups excluding carboxylic acids is 2. The number of hydrogen-bond donors (Lipinski definition) is 1. The highest BCUT2D eigenvalue weighted by Gasteiger charge is 2.32. The monoisotopic (exact) mass is 247 g/mol. The molecule has 94 valence electrons. The molecule has 0 saturated carbocycles. The maximum absolute atomic E-state index is 11.3. The van der Waals surface area contributed by atoms with Crippen molar-refractivity contribution in [3.63, 3.8) is 0 Å². The van der Waals surface area contributed by atoms with E-state index in [1.807, 2.05) is 14.0 Å². The van der Waals surface area contributed by atoms with E-state index in [1.54, 1.807) is 0 Å². The Labute approximate surface area is 103 Å². The summed E-state index contributed by atoms with van der Waals surface area (Å²) < 4.78 is 4.96. The SMILES string of the molecule is CC(=O)S.CCOC(=O)[C@@H]1C[C@H](C)CN1C. The molecular weight excluding hydrogens is 226 g/mol. The van der Waals surface area contributed by atoms with Crippen LogP contribution in [0.3, 0.4) is 0 Å². The average molecular weight is 247 g/mol. The molecule has 4 nitrogen and oxygen atoms in total. The maximum atomic E-state index is 11.3. The summed E-state index contributed by atoms with van der Waals surface area (Å²) >= 11 is 3.33. The molecule has 0 aromatic rings. The number of nitrogens with zero attached hydrogens (tertiary/aromatic N) is 1. The van der Waals surface area contributed by atoms with E-state index in [1.165, 1.54) is 6.92 Å². The minimum absolute atomic E-state index is 0.0000463. The lowest BCUT2D eigenvalue weighted by Gasteiger charge is -2.16. The fourth-order valence-electron chi connectivity index (χ4n) is 1.77. The normalized spacial score (nSPS) is 24.6. The van der Waals surface area contributed by atoms with E-state index in [0.29, 0.717) is 12.5 Å². The molecule has 1 saturated heterocycles. The first kappa shape index (κ1) is 15.4. The number of likely N-dealkylation sites (tertiary alicyclic amines) is 1. The lowest BCUT2D eigenvalue weighted by molar-refractivity contribution is -0.147. The Morgan fingerprint density at radius 3 is 2.31 bits per heavy atom. The van der Waals surface area contributed by atoms with Gasteiger partial charge in [-0.2, -0.15) is 0 Å². The molecule has 0 radical (unpaired) electrons. The van der Waals surface area contributed by atoms with Gasteiger partial charge in [-0.05, 0) is 26.3 Å². The highest BCUT2D eigenvalue weighted by Crippen LogP contribution is 2.21. The van der Waals surface area contributed by atoms with Crippen molar-refractivity contribution in [3.8, 4) is 0 Å². The molecule has 0 aromatic heterocycles. The number of carbonyl (C=O) groups is 2. The molecule has 5 heteroatoms. The number of hydrogen-bond acceptors (Lipinski definition) is 4. The number of rotatable bonds is 2. The second-order valence-electron chi connectivity index (χ2n) is 4.07. The van der Waals surface area contributed by atoms with E-state index in [4.69, 9.17) is 4.74 Å². The van der Waals surface area contributed by atoms with Gasteiger partial charge in [-0.15, -0.1) is 12.6 Å². The van der Waals surface area contributed by atoms with Crippen LogP contribution in [0.2, 0.25) is 0 Å². The van der Waals surface area contributed by atoms with Crippen molar-refractivity contribution in [3.05, 3.63) is 0 Å². The molecular formula is C11H21NO3S. The number of ether oxygens (including phenoxy) is 1. The second-order valence-corrected chi connectivity index (χ2v) is 4.70. The molecule has 1 aliphatic rings. The Balaban J connectivity index is 0.000000487. The lowest BCUT2D eigenvalue weighted by Crippen LogP contribution is -2.34. The van der Waals surface area contributed by atoms with Gasteiger partial charge < -0.3 is 4.74 Å². The van der Waals surface area contributed by atoms with Gasteiger partial charge in [-0.3, -0.25) is 14.5 Å². The Morgan fingerprint density at radius 1 is 1.50 bits per heavy atom. The predicted molar refractivity (Wildman–Crippen MR) is 66.5 cm³/mol. The number of likely N-dealkylation sites (N-methyl/N-ethyl adjacent to an activating group) is 1. The highest BCUT2D eigenvalue weighted by molar-refractivity contribution is 7.96. The fourth-order valence-corrected chi connectivity index (χ4v) is 1.77. The first-order valence-electron chi connectivity index (χ1n) is 5.44. The second kappa shape index (κ2) is 7.68. The third kappa shape index (κ3) is 6.12. The Bertz CT molecular complexity index is 241. The van der Waals surface area contributed by atoms with Crippen LogP contribution in [-0.2, 0) is 14.3 Å². The van der Waals surface area contributed by atoms with Crippen LogP contribution >= 0.6 is 12.6 Å². The Morgan fingerprint density at radius 2 is 2.00 bits per heavy atom. The van der Waals surface area contributed by atoms with Gasteiger partial charge >= 0.3 is 5.97 Å². The van der Waals surface area contributed by atoms with Gasteiger partial charge in [0.05, 0.1) is 6.61 Å². The van der Waals surface area contributed by atoms with Crippen LogP contribution in [0, 0.1) is 5.92 Å². The minimum Gasteiger partial charge on any atom is -0.465 e. The van der Waals surface area contributed by atoms with Crippen molar-refractivity contribution in [2.24, 2.45) is 5.92 Å². The molecule has 1 rings (SSSR count). The summed E-state index contributed by atoms with van der Waals surface area (Å²) in [6.45, 7) is 6.89. The van der Waals surface area contributed by atoms with Crippen LogP contribution in [0.15, 0.2) is 0 Å². The predicted octanol–water partition coefficient (Wildman–Crippen LogP) is 1.35. The first-order valence-corrected chi connectivity index (χ1v) is 5.89. The summed E-state index contributed by atoms with van der Waals surface area (Å²) in [7, 11) is 1.98. The molecule has 2 atom stereocenters. The van der Waals surface area contributed by atoms with Crippen LogP contribution < -0.4 is 0 Å². The van der Waals surface area contributed by atoms with Crippen LogP contribution in [0.1, 0.15) is 27.2 Å². The smallest absolute Gasteiger partial charge is 0.323 e. The molecule has 16 heavy (non-hydrogen) atoms. The lowest BCUT2D eigenvalue weighted by atomic mass is 10.1. The van der Waals surface area contributed by atoms with Gasteiger partial charge in [0.1, 0.15) is 6.04 Å². The van der Waals surface area contributed by atoms with Crippen molar-refractivity contribution in [1.82, 2.24) is 4.90 Å². The van der Waals surface area contributed by atoms with Crippen LogP contribution in [0.5, 0.6) is 0 Å². The first-order chi connectivity index (χ1) is 7.38. The quantitative estimate of drug-likeness (QED) is 0.591. The van der Waals surface area contributed by atoms with Crippen molar-refractivity contribution >= 4 is 23.7 Å². The van der Waals surface area contributed by atoms with E-state index in [0.717, 1.165) is 13.0 Å². The van der Waals surface area contributed by atoms with Crippen LogP contribution in [0.4, 0.5) is 0 Å². The Kier molecular flexibility index (Phi) is 7.42. The molecule has 0 aliphatic carbocycles. The zero-order chi connectivity index (χ0) is 12.7. The topological polar surface area (TPSA) is 46.6 Å². The third-order valence-electron chi connectivity index (χ3n) is 2.32. The molecule has 0 bridgehead atoms. The summed E-state index contributed by atoms with van der Waals surface area (Å²) in [6, 6.07) is -0.0000463. The van der Waals surface area contributed by atoms with E-state index < -0.39 is 0 Å². The van der Waals surface area contributed by atoms with E-state index in [9.17, 15) is 9.59 Å². The van der Waals surface area contributed by atoms with Gasteiger partial charge in [0.15, 0.2) is 5.12 Å². The fraction of sp³-hybridized carbons (Fsp3) is 0.818. The summed E-state index contributed by atoms with van der Waals surface area (Å²) in [5, 5.41) is -0.139. The van der Waals surface area contributed by atoms with Crippen molar-refractivity contribution < 1.29 is 14.3 Å². The molecule has 1 aliphatic heterocycles. The summed E-state index contributed by atoms with van der Waals surface area (Å²) in [5.74, 6) is 0.550. The van der Waals surface area contributed by atoms with Crippen molar-refractivity contribution in [2.75, 3.05) is 20.2 Å². The van der Waals surface area contributed by atoms with Gasteiger partial charge in [-0.25, -0.2) is 0 Å².